The van der Waals surface area contributed by atoms with Crippen LogP contribution in [0.1, 0.15) is 31.7 Å². The predicted molar refractivity (Wildman–Crippen MR) is 75.9 cm³/mol. The van der Waals surface area contributed by atoms with Crippen molar-refractivity contribution in [1.82, 2.24) is 14.9 Å². The molecule has 0 amide bonds. The standard InChI is InChI=1S/C14H21F2N3O3/c1-3-4-6-17-8-10-11(20)14(15,16)12(22-10)19-7-5-9(2)18-13(19)21/h5,7,10-12,17,20H,3-4,6,8H2,1-2H3/t10-,11-,12-/m1/s1. The van der Waals surface area contributed by atoms with Crippen molar-refractivity contribution < 1.29 is 18.6 Å². The Morgan fingerprint density at radius 2 is 2.27 bits per heavy atom. The van der Waals surface area contributed by atoms with Crippen molar-refractivity contribution in [3.05, 3.63) is 28.4 Å². The van der Waals surface area contributed by atoms with E-state index in [2.05, 4.69) is 10.3 Å². The van der Waals surface area contributed by atoms with Crippen LogP contribution in [0.25, 0.3) is 0 Å². The van der Waals surface area contributed by atoms with E-state index in [1.807, 2.05) is 6.92 Å². The highest BCUT2D eigenvalue weighted by Crippen LogP contribution is 2.41. The third-order valence-corrected chi connectivity index (χ3v) is 3.65. The Morgan fingerprint density at radius 3 is 2.91 bits per heavy atom. The van der Waals surface area contributed by atoms with Gasteiger partial charge in [-0.1, -0.05) is 13.3 Å². The molecule has 0 spiro atoms. The zero-order valence-corrected chi connectivity index (χ0v) is 12.6. The lowest BCUT2D eigenvalue weighted by molar-refractivity contribution is -0.140. The summed E-state index contributed by atoms with van der Waals surface area (Å²) in [4.78, 5) is 15.4. The van der Waals surface area contributed by atoms with Crippen molar-refractivity contribution in [1.29, 1.82) is 0 Å². The molecular formula is C14H21F2N3O3. The number of nitrogens with one attached hydrogen (secondary N) is 1. The average Bonchev–Trinajstić information content (AvgIpc) is 2.67. The van der Waals surface area contributed by atoms with Gasteiger partial charge in [-0.2, -0.15) is 13.8 Å². The topological polar surface area (TPSA) is 76.4 Å². The van der Waals surface area contributed by atoms with Gasteiger partial charge < -0.3 is 15.2 Å². The van der Waals surface area contributed by atoms with Crippen LogP contribution in [0.2, 0.25) is 0 Å². The molecule has 1 aliphatic rings. The van der Waals surface area contributed by atoms with Gasteiger partial charge in [-0.25, -0.2) is 4.79 Å². The van der Waals surface area contributed by atoms with Crippen LogP contribution in [0, 0.1) is 6.92 Å². The number of halogens is 2. The Balaban J connectivity index is 2.13. The molecule has 2 rings (SSSR count). The molecule has 124 valence electrons. The molecule has 22 heavy (non-hydrogen) atoms. The third-order valence-electron chi connectivity index (χ3n) is 3.65. The van der Waals surface area contributed by atoms with E-state index in [0.29, 0.717) is 12.2 Å². The average molecular weight is 317 g/mol. The highest BCUT2D eigenvalue weighted by molar-refractivity contribution is 5.01. The summed E-state index contributed by atoms with van der Waals surface area (Å²) in [5, 5.41) is 12.8. The summed E-state index contributed by atoms with van der Waals surface area (Å²) in [5.41, 5.74) is -0.391. The quantitative estimate of drug-likeness (QED) is 0.760. The van der Waals surface area contributed by atoms with Crippen molar-refractivity contribution in [2.75, 3.05) is 13.1 Å². The lowest BCUT2D eigenvalue weighted by Gasteiger charge is -2.20. The number of rotatable bonds is 6. The van der Waals surface area contributed by atoms with E-state index in [-0.39, 0.29) is 6.54 Å². The van der Waals surface area contributed by atoms with Crippen molar-refractivity contribution in [2.24, 2.45) is 0 Å². The summed E-state index contributed by atoms with van der Waals surface area (Å²) >= 11 is 0. The second kappa shape index (κ2) is 6.80. The van der Waals surface area contributed by atoms with Crippen LogP contribution in [0.3, 0.4) is 0 Å². The molecule has 0 aliphatic carbocycles. The van der Waals surface area contributed by atoms with E-state index in [4.69, 9.17) is 4.74 Å². The molecule has 6 nitrogen and oxygen atoms in total. The number of aliphatic hydroxyl groups excluding tert-OH is 1. The van der Waals surface area contributed by atoms with E-state index in [9.17, 15) is 18.7 Å². The van der Waals surface area contributed by atoms with Crippen molar-refractivity contribution in [3.8, 4) is 0 Å². The Kier molecular flexibility index (Phi) is 5.25. The molecule has 1 aromatic heterocycles. The molecule has 1 saturated heterocycles. The largest absolute Gasteiger partial charge is 0.384 e. The van der Waals surface area contributed by atoms with Crippen molar-refractivity contribution in [2.45, 2.75) is 51.0 Å². The van der Waals surface area contributed by atoms with Crippen molar-refractivity contribution >= 4 is 0 Å². The summed E-state index contributed by atoms with van der Waals surface area (Å²) in [7, 11) is 0. The molecule has 8 heteroatoms. The van der Waals surface area contributed by atoms with Gasteiger partial charge in [0.05, 0.1) is 0 Å². The monoisotopic (exact) mass is 317 g/mol. The summed E-state index contributed by atoms with van der Waals surface area (Å²) < 4.78 is 34.4. The van der Waals surface area contributed by atoms with Crippen LogP contribution in [-0.2, 0) is 4.74 Å². The number of ether oxygens (including phenoxy) is 1. The smallest absolute Gasteiger partial charge is 0.350 e. The summed E-state index contributed by atoms with van der Waals surface area (Å²) in [6.07, 6.45) is -1.80. The minimum atomic E-state index is -3.56. The maximum Gasteiger partial charge on any atom is 0.350 e. The maximum atomic E-state index is 14.2. The third kappa shape index (κ3) is 3.34. The van der Waals surface area contributed by atoms with E-state index >= 15 is 0 Å². The molecule has 3 atom stereocenters. The first-order valence-corrected chi connectivity index (χ1v) is 7.35. The normalized spacial score (nSPS) is 27.2. The molecule has 0 aromatic carbocycles. The highest BCUT2D eigenvalue weighted by atomic mass is 19.3. The zero-order valence-electron chi connectivity index (χ0n) is 12.6. The highest BCUT2D eigenvalue weighted by Gasteiger charge is 2.59. The van der Waals surface area contributed by atoms with Crippen LogP contribution >= 0.6 is 0 Å². The van der Waals surface area contributed by atoms with Gasteiger partial charge in [-0.15, -0.1) is 0 Å². The Morgan fingerprint density at radius 1 is 1.55 bits per heavy atom. The van der Waals surface area contributed by atoms with Gasteiger partial charge in [0.1, 0.15) is 12.2 Å². The molecule has 0 radical (unpaired) electrons. The molecule has 1 aromatic rings. The molecule has 0 saturated carbocycles. The summed E-state index contributed by atoms with van der Waals surface area (Å²) in [6.45, 7) is 4.37. The van der Waals surface area contributed by atoms with Gasteiger partial charge in [0.15, 0.2) is 0 Å². The molecule has 1 fully saturated rings. The Bertz CT molecular complexity index is 565. The van der Waals surface area contributed by atoms with Gasteiger partial charge in [-0.3, -0.25) is 4.57 Å². The number of unbranched alkanes of at least 4 members (excludes halogenated alkanes) is 1. The number of aromatic nitrogens is 2. The van der Waals surface area contributed by atoms with Crippen LogP contribution in [0.4, 0.5) is 8.78 Å². The van der Waals surface area contributed by atoms with Crippen LogP contribution in [0.15, 0.2) is 17.1 Å². The minimum absolute atomic E-state index is 0.0985. The summed E-state index contributed by atoms with van der Waals surface area (Å²) in [6, 6.07) is 1.44. The first kappa shape index (κ1) is 17.0. The molecule has 0 unspecified atom stereocenters. The maximum absolute atomic E-state index is 14.2. The molecule has 2 N–H and O–H groups in total. The van der Waals surface area contributed by atoms with Crippen LogP contribution in [0.5, 0.6) is 0 Å². The van der Waals surface area contributed by atoms with Gasteiger partial charge in [0.2, 0.25) is 6.23 Å². The lowest BCUT2D eigenvalue weighted by atomic mass is 10.1. The fourth-order valence-corrected chi connectivity index (χ4v) is 2.36. The van der Waals surface area contributed by atoms with E-state index < -0.39 is 30.0 Å². The fourth-order valence-electron chi connectivity index (χ4n) is 2.36. The van der Waals surface area contributed by atoms with Crippen molar-refractivity contribution in [3.63, 3.8) is 0 Å². The first-order chi connectivity index (χ1) is 10.4. The molecule has 0 bridgehead atoms. The number of aliphatic hydroxyl groups is 1. The van der Waals surface area contributed by atoms with Crippen LogP contribution in [-0.4, -0.2) is 45.9 Å². The number of hydrogen-bond donors (Lipinski definition) is 2. The van der Waals surface area contributed by atoms with Gasteiger partial charge >= 0.3 is 11.6 Å². The van der Waals surface area contributed by atoms with E-state index in [0.717, 1.165) is 17.4 Å². The molecule has 2 heterocycles. The second-order valence-electron chi connectivity index (χ2n) is 5.46. The Hall–Kier alpha value is -1.38. The van der Waals surface area contributed by atoms with Gasteiger partial charge in [-0.05, 0) is 26.0 Å². The van der Waals surface area contributed by atoms with Gasteiger partial charge in [0, 0.05) is 18.4 Å². The summed E-state index contributed by atoms with van der Waals surface area (Å²) in [5.74, 6) is -3.56. The first-order valence-electron chi connectivity index (χ1n) is 7.35. The number of hydrogen-bond acceptors (Lipinski definition) is 5. The minimum Gasteiger partial charge on any atom is -0.384 e. The SMILES string of the molecule is CCCCNC[C@H]1O[C@@H](n2ccc(C)nc2=O)C(F)(F)[C@@H]1O. The lowest BCUT2D eigenvalue weighted by Crippen LogP contribution is -2.43. The van der Waals surface area contributed by atoms with Gasteiger partial charge in [0.25, 0.3) is 0 Å². The van der Waals surface area contributed by atoms with E-state index in [1.165, 1.54) is 12.3 Å². The van der Waals surface area contributed by atoms with Crippen LogP contribution < -0.4 is 11.0 Å². The molecule has 1 aliphatic heterocycles. The van der Waals surface area contributed by atoms with E-state index in [1.54, 1.807) is 6.92 Å². The second-order valence-corrected chi connectivity index (χ2v) is 5.46. The predicted octanol–water partition coefficient (Wildman–Crippen LogP) is 0.835. The Labute approximate surface area is 127 Å². The number of nitrogens with zero attached hydrogens (tertiary/aromatic N) is 2. The zero-order chi connectivity index (χ0) is 16.3. The number of aryl methyl sites for hydroxylation is 1. The fraction of sp³-hybridized carbons (Fsp3) is 0.714. The number of alkyl halides is 2. The molecular weight excluding hydrogens is 296 g/mol.